The number of alkyl halides is 2. The van der Waals surface area contributed by atoms with Crippen molar-refractivity contribution in [1.82, 2.24) is 0 Å². The molecule has 2 aromatic rings. The maximum Gasteiger partial charge on any atom is 0.387 e. The Morgan fingerprint density at radius 3 is 2.57 bits per heavy atom. The van der Waals surface area contributed by atoms with Gasteiger partial charge in [0.05, 0.1) is 22.9 Å². The normalized spacial score (nSPS) is 10.5. The molecule has 2 aromatic carbocycles. The van der Waals surface area contributed by atoms with Crippen LogP contribution in [0.15, 0.2) is 42.5 Å². The molecule has 0 heterocycles. The lowest BCUT2D eigenvalue weighted by molar-refractivity contribution is -0.114. The molecule has 0 unspecified atom stereocenters. The third-order valence-electron chi connectivity index (χ3n) is 2.77. The highest BCUT2D eigenvalue weighted by molar-refractivity contribution is 6.31. The molecule has 2 rings (SSSR count). The van der Waals surface area contributed by atoms with Gasteiger partial charge in [0.15, 0.2) is 5.82 Å². The van der Waals surface area contributed by atoms with Crippen LogP contribution in [-0.2, 0) is 4.79 Å². The number of carbonyl (C=O) groups excluding carboxylic acids is 1. The van der Waals surface area contributed by atoms with Crippen LogP contribution in [0.2, 0.25) is 5.02 Å². The number of para-hydroxylation sites is 2. The minimum Gasteiger partial charge on any atom is -0.433 e. The van der Waals surface area contributed by atoms with E-state index in [1.165, 1.54) is 36.4 Å². The number of rotatable bonds is 6. The van der Waals surface area contributed by atoms with Gasteiger partial charge in [-0.05, 0) is 24.3 Å². The van der Waals surface area contributed by atoms with Crippen molar-refractivity contribution in [3.8, 4) is 5.75 Å². The van der Waals surface area contributed by atoms with Crippen molar-refractivity contribution < 1.29 is 22.7 Å². The Balaban J connectivity index is 1.99. The van der Waals surface area contributed by atoms with E-state index >= 15 is 0 Å². The Morgan fingerprint density at radius 2 is 1.83 bits per heavy atom. The van der Waals surface area contributed by atoms with Crippen molar-refractivity contribution >= 4 is 28.9 Å². The van der Waals surface area contributed by atoms with E-state index in [2.05, 4.69) is 15.4 Å². The zero-order valence-corrected chi connectivity index (χ0v) is 12.4. The maximum absolute atomic E-state index is 13.7. The van der Waals surface area contributed by atoms with E-state index in [0.717, 1.165) is 0 Å². The van der Waals surface area contributed by atoms with Gasteiger partial charge in [0.2, 0.25) is 5.91 Å². The fraction of sp³-hybridized carbons (Fsp3) is 0.133. The number of carbonyl (C=O) groups is 1. The fourth-order valence-electron chi connectivity index (χ4n) is 1.78. The van der Waals surface area contributed by atoms with Crippen molar-refractivity contribution in [2.45, 2.75) is 6.61 Å². The maximum atomic E-state index is 13.7. The summed E-state index contributed by atoms with van der Waals surface area (Å²) >= 11 is 5.63. The molecule has 0 saturated heterocycles. The van der Waals surface area contributed by atoms with E-state index in [-0.39, 0.29) is 28.7 Å². The molecular weight excluding hydrogens is 333 g/mol. The molecule has 0 aliphatic carbocycles. The minimum atomic E-state index is -3.01. The molecule has 0 atom stereocenters. The van der Waals surface area contributed by atoms with Crippen LogP contribution in [0.5, 0.6) is 5.75 Å². The van der Waals surface area contributed by atoms with Crippen LogP contribution in [0.3, 0.4) is 0 Å². The Hall–Kier alpha value is -2.41. The molecule has 0 aliphatic heterocycles. The van der Waals surface area contributed by atoms with Gasteiger partial charge in [-0.25, -0.2) is 4.39 Å². The number of amides is 1. The standard InChI is InChI=1S/C15H12ClF3N2O2/c16-9-4-3-6-11(14(9)17)20-8-13(22)21-10-5-1-2-7-12(10)23-15(18)19/h1-7,15,20H,8H2,(H,21,22). The summed E-state index contributed by atoms with van der Waals surface area (Å²) in [5.74, 6) is -1.40. The van der Waals surface area contributed by atoms with E-state index in [4.69, 9.17) is 11.6 Å². The summed E-state index contributed by atoms with van der Waals surface area (Å²) in [6, 6.07) is 10.1. The van der Waals surface area contributed by atoms with Crippen molar-refractivity contribution in [2.24, 2.45) is 0 Å². The van der Waals surface area contributed by atoms with Crippen LogP contribution in [-0.4, -0.2) is 19.1 Å². The highest BCUT2D eigenvalue weighted by Crippen LogP contribution is 2.25. The Labute approximate surface area is 135 Å². The van der Waals surface area contributed by atoms with Crippen molar-refractivity contribution in [2.75, 3.05) is 17.2 Å². The van der Waals surface area contributed by atoms with Crippen LogP contribution >= 0.6 is 11.6 Å². The first-order valence-corrected chi connectivity index (χ1v) is 6.86. The van der Waals surface area contributed by atoms with Gasteiger partial charge in [-0.1, -0.05) is 29.8 Å². The van der Waals surface area contributed by atoms with E-state index < -0.39 is 18.3 Å². The van der Waals surface area contributed by atoms with Gasteiger partial charge in [0, 0.05) is 0 Å². The molecular formula is C15H12ClF3N2O2. The smallest absolute Gasteiger partial charge is 0.387 e. The highest BCUT2D eigenvalue weighted by atomic mass is 35.5. The zero-order chi connectivity index (χ0) is 16.8. The lowest BCUT2D eigenvalue weighted by Gasteiger charge is -2.12. The Morgan fingerprint density at radius 1 is 1.13 bits per heavy atom. The first kappa shape index (κ1) is 17.0. The number of ether oxygens (including phenoxy) is 1. The van der Waals surface area contributed by atoms with Gasteiger partial charge in [0.25, 0.3) is 0 Å². The van der Waals surface area contributed by atoms with Crippen molar-refractivity contribution in [3.05, 3.63) is 53.3 Å². The summed E-state index contributed by atoms with van der Waals surface area (Å²) in [4.78, 5) is 11.8. The average molecular weight is 345 g/mol. The van der Waals surface area contributed by atoms with E-state index in [1.54, 1.807) is 6.07 Å². The Kier molecular flexibility index (Phi) is 5.70. The van der Waals surface area contributed by atoms with Crippen molar-refractivity contribution in [3.63, 3.8) is 0 Å². The fourth-order valence-corrected chi connectivity index (χ4v) is 1.95. The first-order valence-electron chi connectivity index (χ1n) is 6.49. The molecule has 0 radical (unpaired) electrons. The predicted molar refractivity (Wildman–Crippen MR) is 81.6 cm³/mol. The molecule has 0 aliphatic rings. The summed E-state index contributed by atoms with van der Waals surface area (Å²) in [6.07, 6.45) is 0. The molecule has 0 saturated carbocycles. The van der Waals surface area contributed by atoms with Crippen LogP contribution in [0.1, 0.15) is 0 Å². The summed E-state index contributed by atoms with van der Waals surface area (Å²) in [6.45, 7) is -3.29. The number of anilines is 2. The predicted octanol–water partition coefficient (Wildman–Crippen LogP) is 4.13. The molecule has 8 heteroatoms. The number of benzene rings is 2. The third kappa shape index (κ3) is 4.79. The summed E-state index contributed by atoms with van der Waals surface area (Å²) < 4.78 is 42.5. The molecule has 4 nitrogen and oxygen atoms in total. The second kappa shape index (κ2) is 7.73. The van der Waals surface area contributed by atoms with E-state index in [1.807, 2.05) is 0 Å². The molecule has 0 fully saturated rings. The van der Waals surface area contributed by atoms with Crippen LogP contribution in [0.25, 0.3) is 0 Å². The van der Waals surface area contributed by atoms with Gasteiger partial charge in [-0.2, -0.15) is 8.78 Å². The molecule has 1 amide bonds. The topological polar surface area (TPSA) is 50.4 Å². The summed E-state index contributed by atoms with van der Waals surface area (Å²) in [7, 11) is 0. The van der Waals surface area contributed by atoms with E-state index in [0.29, 0.717) is 0 Å². The van der Waals surface area contributed by atoms with Gasteiger partial charge in [0.1, 0.15) is 5.75 Å². The zero-order valence-electron chi connectivity index (χ0n) is 11.7. The van der Waals surface area contributed by atoms with Crippen LogP contribution in [0.4, 0.5) is 24.5 Å². The van der Waals surface area contributed by atoms with Crippen molar-refractivity contribution in [1.29, 1.82) is 0 Å². The average Bonchev–Trinajstić information content (AvgIpc) is 2.50. The second-order valence-electron chi connectivity index (χ2n) is 4.38. The molecule has 122 valence electrons. The van der Waals surface area contributed by atoms with Gasteiger partial charge in [-0.15, -0.1) is 0 Å². The SMILES string of the molecule is O=C(CNc1cccc(Cl)c1F)Nc1ccccc1OC(F)F. The molecule has 0 aromatic heterocycles. The lowest BCUT2D eigenvalue weighted by Crippen LogP contribution is -2.22. The second-order valence-corrected chi connectivity index (χ2v) is 4.78. The van der Waals surface area contributed by atoms with Gasteiger partial charge < -0.3 is 15.4 Å². The van der Waals surface area contributed by atoms with E-state index in [9.17, 15) is 18.0 Å². The molecule has 2 N–H and O–H groups in total. The minimum absolute atomic E-state index is 0.0600. The summed E-state index contributed by atoms with van der Waals surface area (Å²) in [5, 5.41) is 4.90. The van der Waals surface area contributed by atoms with Gasteiger partial charge >= 0.3 is 6.61 Å². The van der Waals surface area contributed by atoms with Crippen LogP contribution < -0.4 is 15.4 Å². The third-order valence-corrected chi connectivity index (χ3v) is 3.06. The quantitative estimate of drug-likeness (QED) is 0.828. The van der Waals surface area contributed by atoms with Crippen LogP contribution in [0, 0.1) is 5.82 Å². The molecule has 0 spiro atoms. The Bertz CT molecular complexity index is 698. The number of hydrogen-bond acceptors (Lipinski definition) is 3. The highest BCUT2D eigenvalue weighted by Gasteiger charge is 2.12. The largest absolute Gasteiger partial charge is 0.433 e. The number of nitrogens with one attached hydrogen (secondary N) is 2. The first-order chi connectivity index (χ1) is 11.0. The monoisotopic (exact) mass is 344 g/mol. The van der Waals surface area contributed by atoms with Gasteiger partial charge in [-0.3, -0.25) is 4.79 Å². The number of hydrogen-bond donors (Lipinski definition) is 2. The lowest BCUT2D eigenvalue weighted by atomic mass is 10.3. The molecule has 0 bridgehead atoms. The number of halogens is 4. The molecule has 23 heavy (non-hydrogen) atoms. The summed E-state index contributed by atoms with van der Waals surface area (Å²) in [5.41, 5.74) is 0.149.